The average molecular weight is 401 g/mol. The summed E-state index contributed by atoms with van der Waals surface area (Å²) in [5.41, 5.74) is 7.92. The number of nitrogen functional groups attached to an aromatic ring is 1. The van der Waals surface area contributed by atoms with Crippen molar-refractivity contribution < 1.29 is 20.1 Å². The molecule has 29 heavy (non-hydrogen) atoms. The van der Waals surface area contributed by atoms with E-state index in [0.717, 1.165) is 23.6 Å². The summed E-state index contributed by atoms with van der Waals surface area (Å²) < 4.78 is 6.02. The van der Waals surface area contributed by atoms with Crippen molar-refractivity contribution in [3.05, 3.63) is 42.2 Å². The maximum absolute atomic E-state index is 9.14. The molecule has 6 N–H and O–H groups in total. The predicted octanol–water partition coefficient (Wildman–Crippen LogP) is 1.90. The van der Waals surface area contributed by atoms with Gasteiger partial charge in [-0.05, 0) is 29.7 Å². The molecule has 0 aliphatic rings. The zero-order chi connectivity index (χ0) is 21.4. The van der Waals surface area contributed by atoms with Crippen LogP contribution in [0, 0.1) is 0 Å². The minimum atomic E-state index is -0.559. The van der Waals surface area contributed by atoms with Crippen LogP contribution in [0.3, 0.4) is 0 Å². The van der Waals surface area contributed by atoms with Crippen LogP contribution in [0.4, 0.5) is 11.8 Å². The third kappa shape index (κ3) is 5.50. The minimum absolute atomic E-state index is 0.156. The van der Waals surface area contributed by atoms with Crippen LogP contribution < -0.4 is 15.8 Å². The third-order valence-corrected chi connectivity index (χ3v) is 4.13. The molecule has 0 atom stereocenters. The summed E-state index contributed by atoms with van der Waals surface area (Å²) >= 11 is 0. The first kappa shape index (κ1) is 22.3. The number of aromatic nitrogens is 3. The van der Waals surface area contributed by atoms with Crippen molar-refractivity contribution in [1.82, 2.24) is 15.0 Å². The summed E-state index contributed by atoms with van der Waals surface area (Å²) in [6, 6.07) is 7.22. The van der Waals surface area contributed by atoms with E-state index in [9.17, 15) is 0 Å². The van der Waals surface area contributed by atoms with E-state index in [0.29, 0.717) is 11.5 Å². The number of aliphatic hydroxyl groups excluding tert-OH is 3. The van der Waals surface area contributed by atoms with Gasteiger partial charge in [-0.3, -0.25) is 4.98 Å². The summed E-state index contributed by atoms with van der Waals surface area (Å²) in [6.07, 6.45) is 3.23. The Hall–Kier alpha value is -3.01. The lowest BCUT2D eigenvalue weighted by molar-refractivity contribution is 0.203. The Morgan fingerprint density at radius 1 is 1.10 bits per heavy atom. The van der Waals surface area contributed by atoms with Gasteiger partial charge in [-0.1, -0.05) is 19.9 Å². The van der Waals surface area contributed by atoms with Crippen LogP contribution >= 0.6 is 0 Å². The smallest absolute Gasteiger partial charge is 0.225 e. The normalized spacial score (nSPS) is 10.8. The molecule has 1 aromatic carbocycles. The lowest BCUT2D eigenvalue weighted by atomic mass is 10.00. The fourth-order valence-electron chi connectivity index (χ4n) is 2.64. The molecule has 0 amide bonds. The van der Waals surface area contributed by atoms with Crippen molar-refractivity contribution >= 4 is 22.7 Å². The summed E-state index contributed by atoms with van der Waals surface area (Å²) in [6.45, 7) is 3.66. The van der Waals surface area contributed by atoms with Crippen LogP contribution in [0.1, 0.15) is 25.3 Å². The topological polar surface area (TPSA) is 147 Å². The monoisotopic (exact) mass is 401 g/mol. The molecule has 9 nitrogen and oxygen atoms in total. The van der Waals surface area contributed by atoms with E-state index in [1.54, 1.807) is 6.20 Å². The maximum Gasteiger partial charge on any atom is 0.225 e. The molecule has 0 radical (unpaired) electrons. The lowest BCUT2D eigenvalue weighted by Gasteiger charge is -2.17. The Morgan fingerprint density at radius 3 is 2.45 bits per heavy atom. The second kappa shape index (κ2) is 10.5. The number of hydrogen-bond acceptors (Lipinski definition) is 9. The van der Waals surface area contributed by atoms with Gasteiger partial charge in [0.05, 0.1) is 31.0 Å². The Kier molecular flexibility index (Phi) is 8.08. The van der Waals surface area contributed by atoms with E-state index in [1.807, 2.05) is 24.3 Å². The number of fused-ring (bicyclic) bond motifs is 1. The molecule has 3 rings (SSSR count). The van der Waals surface area contributed by atoms with Crippen LogP contribution in [-0.2, 0) is 0 Å². The summed E-state index contributed by atoms with van der Waals surface area (Å²) in [5.74, 6) is 1.59. The van der Waals surface area contributed by atoms with Crippen LogP contribution in [0.25, 0.3) is 10.9 Å². The summed E-state index contributed by atoms with van der Waals surface area (Å²) in [7, 11) is 1.00. The first-order valence-electron chi connectivity index (χ1n) is 9.13. The van der Waals surface area contributed by atoms with Crippen molar-refractivity contribution in [2.75, 3.05) is 31.4 Å². The quantitative estimate of drug-likeness (QED) is 0.400. The second-order valence-corrected chi connectivity index (χ2v) is 6.49. The first-order valence-corrected chi connectivity index (χ1v) is 9.13. The van der Waals surface area contributed by atoms with E-state index < -0.39 is 6.04 Å². The fourth-order valence-corrected chi connectivity index (χ4v) is 2.64. The molecule has 2 heterocycles. The van der Waals surface area contributed by atoms with E-state index in [1.165, 1.54) is 6.20 Å². The van der Waals surface area contributed by atoms with Crippen molar-refractivity contribution in [2.24, 2.45) is 0 Å². The Balaban J connectivity index is 0.00000145. The highest BCUT2D eigenvalue weighted by Gasteiger charge is 2.15. The van der Waals surface area contributed by atoms with E-state index in [2.05, 4.69) is 34.1 Å². The third-order valence-electron chi connectivity index (χ3n) is 4.13. The average Bonchev–Trinajstić information content (AvgIpc) is 2.74. The Bertz CT molecular complexity index is 932. The number of benzene rings is 1. The van der Waals surface area contributed by atoms with Gasteiger partial charge in [0.15, 0.2) is 11.6 Å². The number of rotatable bonds is 7. The number of ether oxygens (including phenoxy) is 1. The van der Waals surface area contributed by atoms with E-state index in [-0.39, 0.29) is 30.9 Å². The molecule has 0 saturated heterocycles. The molecule has 0 spiro atoms. The van der Waals surface area contributed by atoms with Gasteiger partial charge in [0.2, 0.25) is 5.95 Å². The predicted molar refractivity (Wildman–Crippen MR) is 112 cm³/mol. The SMILES string of the molecule is CC(C)c1cc2ncccc2cc1Oc1cnc(NC(CO)CO)nc1N.CO. The molecular formula is C20H27N5O4. The number of pyridine rings is 1. The van der Waals surface area contributed by atoms with Crippen molar-refractivity contribution in [3.63, 3.8) is 0 Å². The lowest BCUT2D eigenvalue weighted by Crippen LogP contribution is -2.28. The molecule has 9 heteroatoms. The zero-order valence-corrected chi connectivity index (χ0v) is 16.7. The fraction of sp³-hybridized carbons (Fsp3) is 0.350. The molecule has 0 fully saturated rings. The van der Waals surface area contributed by atoms with Crippen LogP contribution in [0.2, 0.25) is 0 Å². The van der Waals surface area contributed by atoms with Crippen molar-refractivity contribution in [3.8, 4) is 11.5 Å². The second-order valence-electron chi connectivity index (χ2n) is 6.49. The highest BCUT2D eigenvalue weighted by molar-refractivity contribution is 5.81. The highest BCUT2D eigenvalue weighted by Crippen LogP contribution is 2.35. The number of aliphatic hydroxyl groups is 3. The summed E-state index contributed by atoms with van der Waals surface area (Å²) in [5, 5.41) is 29.0. The van der Waals surface area contributed by atoms with Crippen LogP contribution in [0.15, 0.2) is 36.7 Å². The molecule has 3 aromatic rings. The van der Waals surface area contributed by atoms with Crippen LogP contribution in [-0.4, -0.2) is 56.6 Å². The first-order chi connectivity index (χ1) is 14.0. The van der Waals surface area contributed by atoms with E-state index in [4.69, 9.17) is 25.8 Å². The number of anilines is 2. The van der Waals surface area contributed by atoms with Gasteiger partial charge in [0.1, 0.15) is 5.75 Å². The Morgan fingerprint density at radius 2 is 1.83 bits per heavy atom. The number of hydrogen-bond donors (Lipinski definition) is 5. The highest BCUT2D eigenvalue weighted by atomic mass is 16.5. The maximum atomic E-state index is 9.14. The standard InChI is InChI=1S/C19H23N5O3.CH4O/c1-11(2)14-7-15-12(4-3-5-21-15)6-16(14)27-17-8-22-19(24-18(17)20)23-13(9-25)10-26;1-2/h3-8,11,13,25-26H,9-10H2,1-2H3,(H3,20,22,23,24);2H,1H3. The van der Waals surface area contributed by atoms with Gasteiger partial charge < -0.3 is 31.1 Å². The van der Waals surface area contributed by atoms with Crippen LogP contribution in [0.5, 0.6) is 11.5 Å². The van der Waals surface area contributed by atoms with Gasteiger partial charge in [-0.15, -0.1) is 0 Å². The van der Waals surface area contributed by atoms with Gasteiger partial charge in [0.25, 0.3) is 0 Å². The largest absolute Gasteiger partial charge is 0.452 e. The molecule has 0 aliphatic carbocycles. The molecular weight excluding hydrogens is 374 g/mol. The summed E-state index contributed by atoms with van der Waals surface area (Å²) in [4.78, 5) is 12.7. The van der Waals surface area contributed by atoms with Gasteiger partial charge >= 0.3 is 0 Å². The molecule has 156 valence electrons. The molecule has 0 unspecified atom stereocenters. The van der Waals surface area contributed by atoms with Gasteiger partial charge in [-0.2, -0.15) is 4.98 Å². The molecule has 0 saturated carbocycles. The number of nitrogens with one attached hydrogen (secondary N) is 1. The molecule has 0 aliphatic heterocycles. The van der Waals surface area contributed by atoms with Gasteiger partial charge in [0, 0.05) is 18.7 Å². The van der Waals surface area contributed by atoms with Crippen molar-refractivity contribution in [2.45, 2.75) is 25.8 Å². The number of nitrogens with two attached hydrogens (primary N) is 1. The molecule has 2 aromatic heterocycles. The number of nitrogens with zero attached hydrogens (tertiary/aromatic N) is 3. The zero-order valence-electron chi connectivity index (χ0n) is 16.7. The van der Waals surface area contributed by atoms with Gasteiger partial charge in [-0.25, -0.2) is 4.98 Å². The van der Waals surface area contributed by atoms with Crippen molar-refractivity contribution in [1.29, 1.82) is 0 Å². The minimum Gasteiger partial charge on any atom is -0.452 e. The van der Waals surface area contributed by atoms with E-state index >= 15 is 0 Å². The Labute approximate surface area is 169 Å². The molecule has 0 bridgehead atoms.